The molecule has 39 heavy (non-hydrogen) atoms. The van der Waals surface area contributed by atoms with Crippen molar-refractivity contribution < 1.29 is 19.3 Å². The first-order valence-corrected chi connectivity index (χ1v) is 13.6. The normalized spacial score (nSPS) is 27.0. The molecule has 0 saturated carbocycles. The van der Waals surface area contributed by atoms with E-state index in [0.717, 1.165) is 37.6 Å². The molecule has 1 aromatic carbocycles. The molecule has 11 heteroatoms. The Balaban J connectivity index is 0.941. The van der Waals surface area contributed by atoms with Crippen molar-refractivity contribution in [2.24, 2.45) is 5.41 Å². The quantitative estimate of drug-likeness (QED) is 0.390. The van der Waals surface area contributed by atoms with Crippen LogP contribution in [0.25, 0.3) is 22.4 Å². The molecular formula is C28H27ClN6O4. The number of halogens is 1. The molecule has 4 aliphatic rings. The minimum absolute atomic E-state index is 0.248. The average molecular weight is 547 g/mol. The Morgan fingerprint density at radius 3 is 2.56 bits per heavy atom. The smallest absolute Gasteiger partial charge is 0.296 e. The van der Waals surface area contributed by atoms with Crippen LogP contribution >= 0.6 is 11.6 Å². The number of ether oxygens (including phenoxy) is 3. The van der Waals surface area contributed by atoms with Gasteiger partial charge in [-0.3, -0.25) is 0 Å². The van der Waals surface area contributed by atoms with Crippen molar-refractivity contribution in [2.45, 2.75) is 24.4 Å². The standard InChI is InChI=1S/C28H27ClN6O4/c29-18-9-19-26(33-27(31-19)39-21-11-38-24-20(36)10-37-25(21)24)32-23(18)16-4-6-17(7-5-16)34-12-28(13-34)14-35(15-28)22-3-1-2-8-30-22/h1-9,20-21,24-25,36H,10-15H2,(H,31,32,33)/t20?,21?,24-,25-/m1/s1. The molecule has 7 heterocycles. The molecule has 200 valence electrons. The second-order valence-electron chi connectivity index (χ2n) is 11.0. The Morgan fingerprint density at radius 1 is 0.974 bits per heavy atom. The molecule has 4 aliphatic heterocycles. The molecule has 10 nitrogen and oxygen atoms in total. The molecule has 4 aromatic rings. The highest BCUT2D eigenvalue weighted by atomic mass is 35.5. The van der Waals surface area contributed by atoms with Gasteiger partial charge in [0.15, 0.2) is 11.8 Å². The Kier molecular flexibility index (Phi) is 5.28. The number of aliphatic hydroxyl groups excluding tert-OH is 1. The number of fused-ring (bicyclic) bond motifs is 2. The molecule has 2 N–H and O–H groups in total. The van der Waals surface area contributed by atoms with Gasteiger partial charge in [-0.2, -0.15) is 4.98 Å². The van der Waals surface area contributed by atoms with Gasteiger partial charge < -0.3 is 34.1 Å². The lowest BCUT2D eigenvalue weighted by Gasteiger charge is -2.61. The van der Waals surface area contributed by atoms with Crippen molar-refractivity contribution in [3.8, 4) is 17.3 Å². The fourth-order valence-electron chi connectivity index (χ4n) is 6.28. The first-order valence-electron chi connectivity index (χ1n) is 13.2. The van der Waals surface area contributed by atoms with Gasteiger partial charge in [0.2, 0.25) is 0 Å². The molecule has 4 saturated heterocycles. The number of rotatable bonds is 5. The maximum absolute atomic E-state index is 9.96. The Labute approximate surface area is 229 Å². The van der Waals surface area contributed by atoms with Crippen molar-refractivity contribution in [1.29, 1.82) is 0 Å². The summed E-state index contributed by atoms with van der Waals surface area (Å²) in [6, 6.07) is 16.6. The topological polar surface area (TPSA) is 109 Å². The van der Waals surface area contributed by atoms with Crippen LogP contribution in [0, 0.1) is 5.41 Å². The highest BCUT2D eigenvalue weighted by Gasteiger charge is 2.52. The van der Waals surface area contributed by atoms with Crippen molar-refractivity contribution in [1.82, 2.24) is 19.9 Å². The molecule has 2 unspecified atom stereocenters. The number of benzene rings is 1. The molecule has 0 bridgehead atoms. The van der Waals surface area contributed by atoms with Gasteiger partial charge in [0.1, 0.15) is 24.1 Å². The second-order valence-corrected chi connectivity index (χ2v) is 11.4. The third kappa shape index (κ3) is 3.93. The van der Waals surface area contributed by atoms with Gasteiger partial charge in [-0.15, -0.1) is 0 Å². The molecule has 0 amide bonds. The lowest BCUT2D eigenvalue weighted by Crippen LogP contribution is -2.72. The summed E-state index contributed by atoms with van der Waals surface area (Å²) < 4.78 is 17.3. The van der Waals surface area contributed by atoms with E-state index in [1.165, 1.54) is 5.69 Å². The van der Waals surface area contributed by atoms with Crippen molar-refractivity contribution >= 4 is 34.3 Å². The van der Waals surface area contributed by atoms with Crippen LogP contribution in [0.15, 0.2) is 54.7 Å². The molecule has 4 fully saturated rings. The van der Waals surface area contributed by atoms with E-state index in [1.807, 2.05) is 24.4 Å². The Bertz CT molecular complexity index is 1520. The second kappa shape index (κ2) is 8.79. The summed E-state index contributed by atoms with van der Waals surface area (Å²) in [6.45, 7) is 4.78. The van der Waals surface area contributed by atoms with Crippen LogP contribution in [0.4, 0.5) is 11.5 Å². The predicted octanol–water partition coefficient (Wildman–Crippen LogP) is 2.91. The number of hydrogen-bond acceptors (Lipinski definition) is 9. The van der Waals surface area contributed by atoms with Gasteiger partial charge in [0, 0.05) is 49.0 Å². The van der Waals surface area contributed by atoms with E-state index in [-0.39, 0.29) is 24.9 Å². The number of H-pyrrole nitrogens is 1. The van der Waals surface area contributed by atoms with Crippen LogP contribution < -0.4 is 14.5 Å². The number of nitrogens with zero attached hydrogens (tertiary/aromatic N) is 5. The van der Waals surface area contributed by atoms with E-state index in [1.54, 1.807) is 0 Å². The van der Waals surface area contributed by atoms with E-state index in [2.05, 4.69) is 55.1 Å². The van der Waals surface area contributed by atoms with Gasteiger partial charge in [-0.1, -0.05) is 29.8 Å². The van der Waals surface area contributed by atoms with E-state index < -0.39 is 6.10 Å². The summed E-state index contributed by atoms with van der Waals surface area (Å²) in [5, 5.41) is 10.5. The first-order chi connectivity index (χ1) is 19.0. The third-order valence-electron chi connectivity index (χ3n) is 8.23. The van der Waals surface area contributed by atoms with Crippen molar-refractivity contribution in [3.63, 3.8) is 0 Å². The molecule has 1 spiro atoms. The maximum atomic E-state index is 9.96. The van der Waals surface area contributed by atoms with Gasteiger partial charge in [-0.25, -0.2) is 9.97 Å². The predicted molar refractivity (Wildman–Crippen MR) is 145 cm³/mol. The molecular weight excluding hydrogens is 520 g/mol. The highest BCUT2D eigenvalue weighted by molar-refractivity contribution is 6.33. The number of aromatic amines is 1. The number of anilines is 2. The van der Waals surface area contributed by atoms with Crippen LogP contribution in [0.1, 0.15) is 0 Å². The number of aromatic nitrogens is 4. The SMILES string of the molecule is OC1CO[C@@H]2C(Oc3nc4nc(-c5ccc(N6CC7(C6)CN(c6ccccn6)C7)cc5)c(Cl)cc4[nH]3)CO[C@H]12. The van der Waals surface area contributed by atoms with Crippen molar-refractivity contribution in [3.05, 3.63) is 59.8 Å². The summed E-state index contributed by atoms with van der Waals surface area (Å²) in [5.41, 5.74) is 4.36. The molecule has 4 atom stereocenters. The molecule has 0 aliphatic carbocycles. The summed E-state index contributed by atoms with van der Waals surface area (Å²) in [7, 11) is 0. The zero-order valence-corrected chi connectivity index (χ0v) is 21.8. The fraction of sp³-hybridized carbons (Fsp3) is 0.393. The Morgan fingerprint density at radius 2 is 1.77 bits per heavy atom. The molecule has 3 aromatic heterocycles. The monoisotopic (exact) mass is 546 g/mol. The summed E-state index contributed by atoms with van der Waals surface area (Å²) in [6.07, 6.45) is 0.193. The maximum Gasteiger partial charge on any atom is 0.296 e. The Hall–Kier alpha value is -3.44. The number of pyridine rings is 2. The number of hydrogen-bond donors (Lipinski definition) is 2. The molecule has 8 rings (SSSR count). The number of aliphatic hydroxyl groups is 1. The fourth-order valence-corrected chi connectivity index (χ4v) is 6.55. The zero-order valence-electron chi connectivity index (χ0n) is 21.0. The van der Waals surface area contributed by atoms with Crippen LogP contribution in [-0.2, 0) is 9.47 Å². The summed E-state index contributed by atoms with van der Waals surface area (Å²) in [5.74, 6) is 1.06. The number of imidazole rings is 1. The van der Waals surface area contributed by atoms with Gasteiger partial charge in [-0.05, 0) is 30.3 Å². The number of nitrogens with one attached hydrogen (secondary N) is 1. The van der Waals surface area contributed by atoms with Gasteiger partial charge in [0.05, 0.1) is 29.4 Å². The highest BCUT2D eigenvalue weighted by Crippen LogP contribution is 2.43. The van der Waals surface area contributed by atoms with Crippen LogP contribution in [0.2, 0.25) is 5.02 Å². The van der Waals surface area contributed by atoms with Gasteiger partial charge in [0.25, 0.3) is 6.01 Å². The minimum atomic E-state index is -0.628. The van der Waals surface area contributed by atoms with Crippen LogP contribution in [0.3, 0.4) is 0 Å². The lowest BCUT2D eigenvalue weighted by molar-refractivity contribution is 0.00706. The van der Waals surface area contributed by atoms with E-state index in [0.29, 0.717) is 39.9 Å². The minimum Gasteiger partial charge on any atom is -0.456 e. The van der Waals surface area contributed by atoms with E-state index >= 15 is 0 Å². The average Bonchev–Trinajstić information content (AvgIpc) is 3.59. The van der Waals surface area contributed by atoms with Crippen LogP contribution in [-0.4, -0.2) is 88.9 Å². The van der Waals surface area contributed by atoms with Gasteiger partial charge >= 0.3 is 0 Å². The van der Waals surface area contributed by atoms with Crippen molar-refractivity contribution in [2.75, 3.05) is 49.2 Å². The van der Waals surface area contributed by atoms with E-state index in [9.17, 15) is 5.11 Å². The summed E-state index contributed by atoms with van der Waals surface area (Å²) in [4.78, 5) is 21.6. The first kappa shape index (κ1) is 23.4. The molecule has 0 radical (unpaired) electrons. The largest absolute Gasteiger partial charge is 0.456 e. The lowest BCUT2D eigenvalue weighted by atomic mass is 9.72. The van der Waals surface area contributed by atoms with E-state index in [4.69, 9.17) is 30.8 Å². The van der Waals surface area contributed by atoms with Crippen LogP contribution in [0.5, 0.6) is 6.01 Å². The third-order valence-corrected chi connectivity index (χ3v) is 8.52. The zero-order chi connectivity index (χ0) is 26.1. The summed E-state index contributed by atoms with van der Waals surface area (Å²) >= 11 is 6.64.